The second-order valence-electron chi connectivity index (χ2n) is 13.0. The number of likely N-dealkylation sites (tertiary alicyclic amines) is 1. The highest BCUT2D eigenvalue weighted by Crippen LogP contribution is 2.24. The van der Waals surface area contributed by atoms with Crippen molar-refractivity contribution in [3.63, 3.8) is 0 Å². The number of carbonyl (C=O) groups is 4. The number of aromatic hydroxyl groups is 1. The Morgan fingerprint density at radius 2 is 1.60 bits per heavy atom. The number of hydrogen-bond donors (Lipinski definition) is 4. The molecule has 2 aromatic rings. The molecule has 2 aromatic carbocycles. The van der Waals surface area contributed by atoms with Gasteiger partial charge in [0.05, 0.1) is 12.0 Å². The van der Waals surface area contributed by atoms with Crippen molar-refractivity contribution < 1.29 is 34.1 Å². The molecule has 0 bridgehead atoms. The van der Waals surface area contributed by atoms with Crippen LogP contribution in [0, 0.1) is 11.8 Å². The third kappa shape index (κ3) is 11.6. The highest BCUT2D eigenvalue weighted by atomic mass is 16.6. The lowest BCUT2D eigenvalue weighted by molar-refractivity contribution is -0.144. The quantitative estimate of drug-likeness (QED) is 0.234. The fourth-order valence-corrected chi connectivity index (χ4v) is 5.38. The number of hydrogen-bond acceptors (Lipinski definition) is 6. The molecule has 1 aliphatic heterocycles. The van der Waals surface area contributed by atoms with Gasteiger partial charge >= 0.3 is 12.1 Å². The van der Waals surface area contributed by atoms with Crippen LogP contribution in [0.4, 0.5) is 4.79 Å². The molecular formula is C35H47N3O7. The maximum absolute atomic E-state index is 14.1. The molecule has 3 rings (SSSR count). The maximum atomic E-state index is 14.1. The zero-order valence-electron chi connectivity index (χ0n) is 26.9. The first-order valence-electron chi connectivity index (χ1n) is 15.5. The minimum absolute atomic E-state index is 0.0310. The molecule has 0 spiro atoms. The van der Waals surface area contributed by atoms with Crippen LogP contribution in [0.2, 0.25) is 0 Å². The van der Waals surface area contributed by atoms with Gasteiger partial charge in [0.15, 0.2) is 0 Å². The van der Waals surface area contributed by atoms with Crippen molar-refractivity contribution in [2.45, 2.75) is 90.4 Å². The summed E-state index contributed by atoms with van der Waals surface area (Å²) >= 11 is 0. The number of aliphatic carboxylic acids is 1. The van der Waals surface area contributed by atoms with Crippen LogP contribution in [0.15, 0.2) is 66.7 Å². The van der Waals surface area contributed by atoms with E-state index in [0.717, 1.165) is 5.56 Å². The number of phenolic OH excluding ortho intramolecular Hbond substituents is 1. The van der Waals surface area contributed by atoms with E-state index in [2.05, 4.69) is 10.6 Å². The fourth-order valence-electron chi connectivity index (χ4n) is 5.38. The number of nitrogens with zero attached hydrogens (tertiary/aromatic N) is 1. The number of ether oxygens (including phenoxy) is 1. The van der Waals surface area contributed by atoms with Gasteiger partial charge < -0.3 is 30.5 Å². The summed E-state index contributed by atoms with van der Waals surface area (Å²) < 4.78 is 5.46. The Morgan fingerprint density at radius 1 is 0.956 bits per heavy atom. The van der Waals surface area contributed by atoms with Gasteiger partial charge in [-0.15, -0.1) is 0 Å². The number of amides is 3. The van der Waals surface area contributed by atoms with E-state index < -0.39 is 41.6 Å². The zero-order valence-corrected chi connectivity index (χ0v) is 26.9. The van der Waals surface area contributed by atoms with E-state index in [9.17, 15) is 29.4 Å². The zero-order chi connectivity index (χ0) is 33.1. The van der Waals surface area contributed by atoms with Crippen molar-refractivity contribution in [2.75, 3.05) is 6.54 Å². The molecule has 0 radical (unpaired) electrons. The van der Waals surface area contributed by atoms with Crippen LogP contribution in [0.5, 0.6) is 5.75 Å². The van der Waals surface area contributed by atoms with E-state index in [0.29, 0.717) is 37.8 Å². The molecule has 10 heteroatoms. The molecule has 1 saturated heterocycles. The number of rotatable bonds is 13. The lowest BCUT2D eigenvalue weighted by Crippen LogP contribution is -2.52. The number of carboxylic acids is 1. The van der Waals surface area contributed by atoms with Crippen LogP contribution in [-0.4, -0.2) is 69.3 Å². The third-order valence-electron chi connectivity index (χ3n) is 7.45. The fraction of sp³-hybridized carbons (Fsp3) is 0.486. The second-order valence-corrected chi connectivity index (χ2v) is 13.0. The number of benzene rings is 2. The van der Waals surface area contributed by atoms with Gasteiger partial charge in [-0.2, -0.15) is 0 Å². The number of carboxylic acid groups (broad SMARTS) is 1. The van der Waals surface area contributed by atoms with Crippen molar-refractivity contribution >= 4 is 23.9 Å². The Kier molecular flexibility index (Phi) is 12.6. The van der Waals surface area contributed by atoms with Crippen molar-refractivity contribution in [3.8, 4) is 5.75 Å². The van der Waals surface area contributed by atoms with E-state index in [1.165, 1.54) is 12.1 Å². The van der Waals surface area contributed by atoms with Crippen LogP contribution in [-0.2, 0) is 32.0 Å². The summed E-state index contributed by atoms with van der Waals surface area (Å²) in [6, 6.07) is 13.3. The molecule has 0 saturated carbocycles. The van der Waals surface area contributed by atoms with Crippen molar-refractivity contribution in [3.05, 3.63) is 77.9 Å². The molecule has 0 aliphatic carbocycles. The molecule has 1 fully saturated rings. The van der Waals surface area contributed by atoms with Crippen LogP contribution in [0.25, 0.3) is 0 Å². The first-order valence-corrected chi connectivity index (χ1v) is 15.5. The molecule has 10 nitrogen and oxygen atoms in total. The van der Waals surface area contributed by atoms with Gasteiger partial charge in [-0.1, -0.05) is 68.5 Å². The largest absolute Gasteiger partial charge is 0.508 e. The van der Waals surface area contributed by atoms with Gasteiger partial charge in [0, 0.05) is 13.0 Å². The van der Waals surface area contributed by atoms with Crippen molar-refractivity contribution in [2.24, 2.45) is 11.8 Å². The van der Waals surface area contributed by atoms with Crippen LogP contribution >= 0.6 is 0 Å². The molecule has 4 N–H and O–H groups in total. The van der Waals surface area contributed by atoms with Gasteiger partial charge in [0.25, 0.3) is 0 Å². The van der Waals surface area contributed by atoms with E-state index in [1.807, 2.05) is 50.3 Å². The monoisotopic (exact) mass is 621 g/mol. The van der Waals surface area contributed by atoms with Crippen LogP contribution in [0.1, 0.15) is 65.0 Å². The molecule has 3 amide bonds. The van der Waals surface area contributed by atoms with Gasteiger partial charge in [-0.05, 0) is 75.6 Å². The van der Waals surface area contributed by atoms with Crippen molar-refractivity contribution in [1.29, 1.82) is 0 Å². The summed E-state index contributed by atoms with van der Waals surface area (Å²) in [6.45, 7) is 9.85. The lowest BCUT2D eigenvalue weighted by Gasteiger charge is -2.29. The molecule has 0 aromatic heterocycles. The summed E-state index contributed by atoms with van der Waals surface area (Å²) in [5.74, 6) is -2.25. The lowest BCUT2D eigenvalue weighted by atomic mass is 9.94. The smallest absolute Gasteiger partial charge is 0.408 e. The maximum Gasteiger partial charge on any atom is 0.408 e. The SMILES string of the molecule is CC(C)CC(/C=C/C(Cc1ccccc1)C(=O)N1CCC[C@H]1C(=O)NC(Cc1ccc(O)cc1)C(=O)O)NC(=O)OC(C)(C)C. The minimum atomic E-state index is -1.20. The summed E-state index contributed by atoms with van der Waals surface area (Å²) in [7, 11) is 0. The Morgan fingerprint density at radius 3 is 2.20 bits per heavy atom. The Bertz CT molecular complexity index is 1320. The number of nitrogens with one attached hydrogen (secondary N) is 2. The highest BCUT2D eigenvalue weighted by Gasteiger charge is 2.38. The summed E-state index contributed by atoms with van der Waals surface area (Å²) in [5, 5.41) is 24.9. The third-order valence-corrected chi connectivity index (χ3v) is 7.45. The molecule has 45 heavy (non-hydrogen) atoms. The molecule has 3 unspecified atom stereocenters. The molecule has 1 aliphatic rings. The van der Waals surface area contributed by atoms with Gasteiger partial charge in [-0.3, -0.25) is 9.59 Å². The van der Waals surface area contributed by atoms with Crippen LogP contribution in [0.3, 0.4) is 0 Å². The van der Waals surface area contributed by atoms with E-state index in [1.54, 1.807) is 43.9 Å². The first kappa shape index (κ1) is 35.1. The van der Waals surface area contributed by atoms with Gasteiger partial charge in [-0.25, -0.2) is 9.59 Å². The number of alkyl carbamates (subject to hydrolysis) is 1. The molecule has 244 valence electrons. The van der Waals surface area contributed by atoms with E-state index in [-0.39, 0.29) is 30.0 Å². The van der Waals surface area contributed by atoms with Crippen LogP contribution < -0.4 is 10.6 Å². The minimum Gasteiger partial charge on any atom is -0.508 e. The predicted octanol–water partition coefficient (Wildman–Crippen LogP) is 4.85. The normalized spacial score (nSPS) is 17.1. The Balaban J connectivity index is 1.81. The Labute approximate surface area is 265 Å². The number of phenols is 1. The summed E-state index contributed by atoms with van der Waals surface area (Å²) in [5.41, 5.74) is 0.932. The van der Waals surface area contributed by atoms with E-state index in [4.69, 9.17) is 4.74 Å². The topological polar surface area (TPSA) is 145 Å². The molecule has 1 heterocycles. The summed E-state index contributed by atoms with van der Waals surface area (Å²) in [6.07, 6.45) is 5.17. The average Bonchev–Trinajstić information content (AvgIpc) is 3.45. The molecule has 4 atom stereocenters. The standard InChI is InChI=1S/C35H47N3O7/c1-23(2)20-27(36-34(44)45-35(3,4)5)16-15-26(21-24-10-7-6-8-11-24)32(41)38-19-9-12-30(38)31(40)37-29(33(42)43)22-25-13-17-28(39)18-14-25/h6-8,10-11,13-18,23,26-27,29-30,39H,9,12,19-22H2,1-5H3,(H,36,44)(H,37,40)(H,42,43)/b16-15+/t26?,27?,29?,30-/m0/s1. The predicted molar refractivity (Wildman–Crippen MR) is 172 cm³/mol. The van der Waals surface area contributed by atoms with Gasteiger partial charge in [0.1, 0.15) is 23.4 Å². The Hall–Kier alpha value is -4.34. The second kappa shape index (κ2) is 16.1. The van der Waals surface area contributed by atoms with Crippen molar-refractivity contribution in [1.82, 2.24) is 15.5 Å². The average molecular weight is 622 g/mol. The highest BCUT2D eigenvalue weighted by molar-refractivity contribution is 5.92. The summed E-state index contributed by atoms with van der Waals surface area (Å²) in [4.78, 5) is 53.7. The first-order chi connectivity index (χ1) is 21.2. The van der Waals surface area contributed by atoms with Gasteiger partial charge in [0.2, 0.25) is 11.8 Å². The molecular weight excluding hydrogens is 574 g/mol. The number of carbonyl (C=O) groups excluding carboxylic acids is 3. The van der Waals surface area contributed by atoms with E-state index >= 15 is 0 Å².